The molecule has 0 radical (unpaired) electrons. The average Bonchev–Trinajstić information content (AvgIpc) is 3.87. The Hall–Kier alpha value is -6.18. The zero-order valence-electron chi connectivity index (χ0n) is 33.1. The summed E-state index contributed by atoms with van der Waals surface area (Å²) in [6.07, 6.45) is 1.40. The number of halogens is 3. The van der Waals surface area contributed by atoms with Crippen LogP contribution >= 0.6 is 0 Å². The number of hydrogen-bond donors (Lipinski definition) is 2. The van der Waals surface area contributed by atoms with Crippen molar-refractivity contribution in [3.8, 4) is 5.69 Å². The van der Waals surface area contributed by atoms with Gasteiger partial charge in [0.05, 0.1) is 53.8 Å². The molecule has 4 amide bonds. The van der Waals surface area contributed by atoms with Crippen LogP contribution in [0, 0.1) is 0 Å². The number of likely N-dealkylation sites (tertiary alicyclic amines) is 1. The predicted molar refractivity (Wildman–Crippen MR) is 211 cm³/mol. The highest BCUT2D eigenvalue weighted by Crippen LogP contribution is 2.38. The molecule has 318 valence electrons. The molecule has 4 aliphatic rings. The molecule has 7 heterocycles. The second-order valence-electron chi connectivity index (χ2n) is 16.1. The number of amides is 4. The number of piperidine rings is 2. The van der Waals surface area contributed by atoms with Crippen LogP contribution < -0.4 is 16.3 Å². The summed E-state index contributed by atoms with van der Waals surface area (Å²) in [5, 5.41) is 13.6. The summed E-state index contributed by atoms with van der Waals surface area (Å²) in [6.45, 7) is 2.75. The maximum absolute atomic E-state index is 14.6. The molecule has 0 saturated carbocycles. The largest absolute Gasteiger partial charge is 0.418 e. The van der Waals surface area contributed by atoms with Crippen molar-refractivity contribution in [2.24, 2.45) is 7.05 Å². The molecule has 2 aromatic carbocycles. The number of nitrogens with zero attached hydrogens (tertiary/aromatic N) is 7. The quantitative estimate of drug-likeness (QED) is 0.140. The topological polar surface area (TPSA) is 174 Å². The van der Waals surface area contributed by atoms with Gasteiger partial charge in [0.15, 0.2) is 0 Å². The Morgan fingerprint density at radius 3 is 2.48 bits per heavy atom. The molecule has 3 saturated heterocycles. The normalized spacial score (nSPS) is 19.7. The summed E-state index contributed by atoms with van der Waals surface area (Å²) >= 11 is 0. The van der Waals surface area contributed by atoms with E-state index in [-0.39, 0.29) is 48.7 Å². The highest BCUT2D eigenvalue weighted by molar-refractivity contribution is 6.25. The summed E-state index contributed by atoms with van der Waals surface area (Å²) in [6, 6.07) is 12.1. The van der Waals surface area contributed by atoms with Crippen LogP contribution in [0.3, 0.4) is 0 Å². The fourth-order valence-electron chi connectivity index (χ4n) is 8.78. The molecule has 2 N–H and O–H groups in total. The van der Waals surface area contributed by atoms with Gasteiger partial charge in [-0.15, -0.1) is 10.2 Å². The van der Waals surface area contributed by atoms with Crippen LogP contribution in [0.2, 0.25) is 0 Å². The Morgan fingerprint density at radius 2 is 1.77 bits per heavy atom. The van der Waals surface area contributed by atoms with E-state index < -0.39 is 52.5 Å². The second-order valence-corrected chi connectivity index (χ2v) is 16.1. The summed E-state index contributed by atoms with van der Waals surface area (Å²) < 4.78 is 59.7. The smallest absolute Gasteiger partial charge is 0.382 e. The van der Waals surface area contributed by atoms with Gasteiger partial charge < -0.3 is 19.4 Å². The number of imidazole rings is 1. The molecule has 1 unspecified atom stereocenters. The van der Waals surface area contributed by atoms with Crippen LogP contribution in [-0.4, -0.2) is 109 Å². The minimum absolute atomic E-state index is 0.0254. The van der Waals surface area contributed by atoms with Gasteiger partial charge >= 0.3 is 11.9 Å². The first kappa shape index (κ1) is 40.2. The van der Waals surface area contributed by atoms with E-state index in [1.807, 2.05) is 28.6 Å². The van der Waals surface area contributed by atoms with Crippen molar-refractivity contribution in [3.05, 3.63) is 111 Å². The van der Waals surface area contributed by atoms with E-state index in [4.69, 9.17) is 9.47 Å². The van der Waals surface area contributed by atoms with E-state index in [0.29, 0.717) is 69.0 Å². The fraction of sp³-hybridized carbons (Fsp3) is 0.405. The molecule has 0 spiro atoms. The molecule has 5 aromatic rings. The summed E-state index contributed by atoms with van der Waals surface area (Å²) in [7, 11) is 1.86. The van der Waals surface area contributed by atoms with Gasteiger partial charge in [-0.25, -0.2) is 4.79 Å². The molecule has 4 aliphatic heterocycles. The van der Waals surface area contributed by atoms with E-state index in [1.165, 1.54) is 23.0 Å². The third-order valence-electron chi connectivity index (χ3n) is 12.1. The number of anilines is 1. The first-order chi connectivity index (χ1) is 29.3. The van der Waals surface area contributed by atoms with E-state index in [1.54, 1.807) is 30.6 Å². The second kappa shape index (κ2) is 15.7. The van der Waals surface area contributed by atoms with Crippen molar-refractivity contribution in [2.75, 3.05) is 44.8 Å². The van der Waals surface area contributed by atoms with Crippen LogP contribution in [0.1, 0.15) is 68.9 Å². The number of aryl methyl sites for hydroxylation is 1. The monoisotopic (exact) mass is 841 g/mol. The number of alkyl halides is 3. The molecular weight excluding hydrogens is 800 g/mol. The number of nitrogens with one attached hydrogen (secondary N) is 2. The molecular formula is C42H42F3N9O7. The average molecular weight is 842 g/mol. The predicted octanol–water partition coefficient (Wildman–Crippen LogP) is 3.24. The lowest BCUT2D eigenvalue weighted by Gasteiger charge is -2.41. The highest BCUT2D eigenvalue weighted by atomic mass is 19.4. The minimum atomic E-state index is -4.71. The third kappa shape index (κ3) is 7.50. The van der Waals surface area contributed by atoms with Gasteiger partial charge in [-0.2, -0.15) is 13.2 Å². The van der Waals surface area contributed by atoms with Gasteiger partial charge in [-0.1, -0.05) is 18.2 Å². The Kier molecular flexibility index (Phi) is 10.4. The lowest BCUT2D eigenvalue weighted by Crippen LogP contribution is -2.54. The van der Waals surface area contributed by atoms with Crippen LogP contribution in [0.4, 0.5) is 18.9 Å². The van der Waals surface area contributed by atoms with E-state index in [2.05, 4.69) is 20.8 Å². The number of imide groups is 2. The number of benzene rings is 2. The van der Waals surface area contributed by atoms with Crippen molar-refractivity contribution in [1.82, 2.24) is 38.8 Å². The number of carbonyl (C=O) groups excluding carboxylic acids is 4. The Morgan fingerprint density at radius 1 is 0.984 bits per heavy atom. The van der Waals surface area contributed by atoms with Crippen molar-refractivity contribution < 1.29 is 41.8 Å². The fourth-order valence-corrected chi connectivity index (χ4v) is 8.78. The maximum atomic E-state index is 14.6. The minimum Gasteiger partial charge on any atom is -0.382 e. The Labute approximate surface area is 346 Å². The van der Waals surface area contributed by atoms with Gasteiger partial charge in [0.1, 0.15) is 18.2 Å². The molecule has 19 heteroatoms. The number of rotatable bonds is 12. The zero-order valence-corrected chi connectivity index (χ0v) is 33.1. The number of ether oxygens (including phenoxy) is 2. The summed E-state index contributed by atoms with van der Waals surface area (Å²) in [5.74, 6) is -1.56. The van der Waals surface area contributed by atoms with E-state index in [0.717, 1.165) is 26.8 Å². The van der Waals surface area contributed by atoms with Crippen molar-refractivity contribution >= 4 is 34.8 Å². The maximum Gasteiger partial charge on any atom is 0.418 e. The SMILES string of the molecule is Cn1cnnc1CC1(c2cccc(-n3cc4c(C(F)(F)F)cc(CN5CCC(OCCNc6cccc7c6C(=O)N(C6CCC(=O)NC6=O)C7=O)CC5)cn4c3=O)c2)COC1. The number of pyridine rings is 1. The number of aromatic nitrogens is 5. The van der Waals surface area contributed by atoms with Gasteiger partial charge in [0.2, 0.25) is 11.8 Å². The standard InChI is InChI=1S/C42H42F3N9O7/c1-50-24-47-49-34(50)18-41(22-60-23-41)26-4-2-5-27(17-26)52-21-33-30(42(43,44)45)16-25(20-53(33)40(52)59)19-51-13-10-28(11-14-51)61-15-12-46-31-7-3-6-29-36(31)39(58)54(38(29)57)32-8-9-35(55)48-37(32)56/h2-7,16-17,20-21,24,28,32,46H,8-15,18-19,22-23H2,1H3,(H,48,55,56). The molecule has 3 aromatic heterocycles. The van der Waals surface area contributed by atoms with Gasteiger partial charge in [0, 0.05) is 69.6 Å². The Balaban J connectivity index is 0.831. The first-order valence-electron chi connectivity index (χ1n) is 20.1. The van der Waals surface area contributed by atoms with Crippen LogP contribution in [0.5, 0.6) is 0 Å². The molecule has 16 nitrogen and oxygen atoms in total. The first-order valence-corrected chi connectivity index (χ1v) is 20.1. The van der Waals surface area contributed by atoms with Crippen LogP contribution in [0.15, 0.2) is 72.0 Å². The zero-order chi connectivity index (χ0) is 42.6. The van der Waals surface area contributed by atoms with E-state index >= 15 is 0 Å². The number of hydrogen-bond acceptors (Lipinski definition) is 11. The van der Waals surface area contributed by atoms with Crippen molar-refractivity contribution in [1.29, 1.82) is 0 Å². The van der Waals surface area contributed by atoms with Crippen LogP contribution in [0.25, 0.3) is 11.2 Å². The molecule has 1 atom stereocenters. The van der Waals surface area contributed by atoms with Crippen molar-refractivity contribution in [3.63, 3.8) is 0 Å². The van der Waals surface area contributed by atoms with Gasteiger partial charge in [0.25, 0.3) is 11.8 Å². The lowest BCUT2D eigenvalue weighted by molar-refractivity contribution is -0.137. The van der Waals surface area contributed by atoms with Crippen LogP contribution in [-0.2, 0) is 50.7 Å². The third-order valence-corrected chi connectivity index (χ3v) is 12.1. The van der Waals surface area contributed by atoms with E-state index in [9.17, 15) is 37.1 Å². The Bertz CT molecular complexity index is 2620. The number of fused-ring (bicyclic) bond motifs is 2. The summed E-state index contributed by atoms with van der Waals surface area (Å²) in [4.78, 5) is 67.4. The molecule has 9 rings (SSSR count). The van der Waals surface area contributed by atoms with Gasteiger partial charge in [-0.3, -0.25) is 43.3 Å². The summed E-state index contributed by atoms with van der Waals surface area (Å²) in [5.41, 5.74) is 0.265. The van der Waals surface area contributed by atoms with Crippen molar-refractivity contribution in [2.45, 2.75) is 62.4 Å². The van der Waals surface area contributed by atoms with Gasteiger partial charge in [-0.05, 0) is 60.7 Å². The highest BCUT2D eigenvalue weighted by Gasteiger charge is 2.46. The number of carbonyl (C=O) groups is 4. The molecule has 3 fully saturated rings. The molecule has 0 bridgehead atoms. The molecule has 61 heavy (non-hydrogen) atoms. The lowest BCUT2D eigenvalue weighted by atomic mass is 9.75. The molecule has 0 aliphatic carbocycles.